The first kappa shape index (κ1) is 10.8. The van der Waals surface area contributed by atoms with Crippen molar-refractivity contribution in [3.8, 4) is 5.75 Å². The van der Waals surface area contributed by atoms with Crippen LogP contribution in [0, 0.1) is 5.92 Å². The van der Waals surface area contributed by atoms with Crippen molar-refractivity contribution < 1.29 is 9.90 Å². The zero-order chi connectivity index (χ0) is 13.0. The number of fused-ring (bicyclic) bond motifs is 5. The lowest BCUT2D eigenvalue weighted by molar-refractivity contribution is -0.114. The van der Waals surface area contributed by atoms with Crippen LogP contribution >= 0.6 is 0 Å². The molecule has 1 N–H and O–H groups in total. The Labute approximate surface area is 111 Å². The summed E-state index contributed by atoms with van der Waals surface area (Å²) in [5.74, 6) is 0.990. The predicted molar refractivity (Wildman–Crippen MR) is 75.0 cm³/mol. The van der Waals surface area contributed by atoms with Gasteiger partial charge in [-0.2, -0.15) is 0 Å². The maximum atomic E-state index is 11.6. The summed E-state index contributed by atoms with van der Waals surface area (Å²) in [6.45, 7) is 0. The van der Waals surface area contributed by atoms with Crippen molar-refractivity contribution in [2.45, 2.75) is 19.3 Å². The second kappa shape index (κ2) is 3.70. The Hall–Kier alpha value is -2.09. The number of hydrogen-bond acceptors (Lipinski definition) is 2. The largest absolute Gasteiger partial charge is 0.508 e. The quantitative estimate of drug-likeness (QED) is 0.777. The van der Waals surface area contributed by atoms with Crippen LogP contribution in [-0.4, -0.2) is 10.9 Å². The van der Waals surface area contributed by atoms with Gasteiger partial charge in [0.2, 0.25) is 0 Å². The molecule has 2 aliphatic carbocycles. The number of hydrogen-bond donors (Lipinski definition) is 1. The van der Waals surface area contributed by atoms with Crippen LogP contribution in [0.15, 0.2) is 36.4 Å². The van der Waals surface area contributed by atoms with E-state index in [-0.39, 0.29) is 5.78 Å². The Morgan fingerprint density at radius 1 is 1.16 bits per heavy atom. The van der Waals surface area contributed by atoms with Gasteiger partial charge in [-0.1, -0.05) is 18.2 Å². The van der Waals surface area contributed by atoms with Gasteiger partial charge in [-0.3, -0.25) is 4.79 Å². The Balaban J connectivity index is 2.00. The third-order valence-corrected chi connectivity index (χ3v) is 4.37. The van der Waals surface area contributed by atoms with Crippen molar-refractivity contribution in [2.24, 2.45) is 5.92 Å². The minimum atomic E-state index is 0.263. The second-order valence-electron chi connectivity index (χ2n) is 5.50. The van der Waals surface area contributed by atoms with Crippen LogP contribution < -0.4 is 0 Å². The van der Waals surface area contributed by atoms with Gasteiger partial charge >= 0.3 is 0 Å². The first-order valence-corrected chi connectivity index (χ1v) is 6.72. The van der Waals surface area contributed by atoms with Crippen LogP contribution in [0.4, 0.5) is 0 Å². The first-order chi connectivity index (χ1) is 9.22. The second-order valence-corrected chi connectivity index (χ2v) is 5.50. The molecule has 0 heterocycles. The Bertz CT molecular complexity index is 740. The fourth-order valence-electron chi connectivity index (χ4n) is 3.50. The fraction of sp³-hybridized carbons (Fsp3) is 0.235. The number of carbonyl (C=O) groups is 1. The number of carbonyl (C=O) groups excluding carboxylic acids is 1. The molecule has 2 aromatic rings. The van der Waals surface area contributed by atoms with Crippen LogP contribution in [0.2, 0.25) is 0 Å². The molecule has 4 rings (SSSR count). The summed E-state index contributed by atoms with van der Waals surface area (Å²) in [6, 6.07) is 9.67. The van der Waals surface area contributed by atoms with Crippen molar-refractivity contribution in [3.63, 3.8) is 0 Å². The SMILES string of the molecule is O=C1C=C2c3ccc4cc(O)ccc4c3CC[C@@H]2C1. The van der Waals surface area contributed by atoms with E-state index in [0.29, 0.717) is 18.1 Å². The van der Waals surface area contributed by atoms with Crippen molar-refractivity contribution >= 4 is 22.1 Å². The summed E-state index contributed by atoms with van der Waals surface area (Å²) in [4.78, 5) is 11.6. The Kier molecular flexibility index (Phi) is 2.10. The molecule has 19 heavy (non-hydrogen) atoms. The third-order valence-electron chi connectivity index (χ3n) is 4.37. The molecule has 0 amide bonds. The summed E-state index contributed by atoms with van der Waals surface area (Å²) in [5.41, 5.74) is 3.79. The molecule has 2 aliphatic rings. The summed E-state index contributed by atoms with van der Waals surface area (Å²) in [6.07, 6.45) is 4.59. The minimum Gasteiger partial charge on any atom is -0.508 e. The molecule has 0 unspecified atom stereocenters. The van der Waals surface area contributed by atoms with Crippen LogP contribution in [0.1, 0.15) is 24.0 Å². The molecule has 0 radical (unpaired) electrons. The molecule has 94 valence electrons. The van der Waals surface area contributed by atoms with E-state index in [9.17, 15) is 9.90 Å². The van der Waals surface area contributed by atoms with E-state index in [0.717, 1.165) is 18.2 Å². The zero-order valence-corrected chi connectivity index (χ0v) is 10.5. The molecule has 2 nitrogen and oxygen atoms in total. The Morgan fingerprint density at radius 3 is 2.95 bits per heavy atom. The van der Waals surface area contributed by atoms with Gasteiger partial charge in [0, 0.05) is 6.42 Å². The lowest BCUT2D eigenvalue weighted by Crippen LogP contribution is -2.11. The molecular weight excluding hydrogens is 236 g/mol. The predicted octanol–water partition coefficient (Wildman–Crippen LogP) is 3.46. The monoisotopic (exact) mass is 250 g/mol. The van der Waals surface area contributed by atoms with E-state index in [2.05, 4.69) is 6.07 Å². The molecule has 2 aromatic carbocycles. The average molecular weight is 250 g/mol. The van der Waals surface area contributed by atoms with Gasteiger partial charge in [-0.25, -0.2) is 0 Å². The highest BCUT2D eigenvalue weighted by Gasteiger charge is 2.31. The van der Waals surface area contributed by atoms with Crippen LogP contribution in [0.25, 0.3) is 16.3 Å². The van der Waals surface area contributed by atoms with Gasteiger partial charge in [0.05, 0.1) is 0 Å². The van der Waals surface area contributed by atoms with E-state index >= 15 is 0 Å². The molecular formula is C17H14O2. The maximum Gasteiger partial charge on any atom is 0.156 e. The van der Waals surface area contributed by atoms with Crippen molar-refractivity contribution in [3.05, 3.63) is 47.5 Å². The zero-order valence-electron chi connectivity index (χ0n) is 10.5. The van der Waals surface area contributed by atoms with E-state index < -0.39 is 0 Å². The third kappa shape index (κ3) is 1.53. The minimum absolute atomic E-state index is 0.263. The van der Waals surface area contributed by atoms with Crippen molar-refractivity contribution in [1.29, 1.82) is 0 Å². The van der Waals surface area contributed by atoms with Gasteiger partial charge in [-0.15, -0.1) is 0 Å². The van der Waals surface area contributed by atoms with Gasteiger partial charge < -0.3 is 5.11 Å². The summed E-state index contributed by atoms with van der Waals surface area (Å²) < 4.78 is 0. The summed E-state index contributed by atoms with van der Waals surface area (Å²) in [5, 5.41) is 11.8. The number of aryl methyl sites for hydroxylation is 1. The van der Waals surface area contributed by atoms with E-state index in [4.69, 9.17) is 0 Å². The summed E-state index contributed by atoms with van der Waals surface area (Å²) >= 11 is 0. The first-order valence-electron chi connectivity index (χ1n) is 6.72. The molecule has 2 heteroatoms. The van der Waals surface area contributed by atoms with E-state index in [1.165, 1.54) is 22.1 Å². The van der Waals surface area contributed by atoms with Crippen LogP contribution in [-0.2, 0) is 11.2 Å². The fourth-order valence-corrected chi connectivity index (χ4v) is 3.50. The molecule has 0 aromatic heterocycles. The lowest BCUT2D eigenvalue weighted by atomic mass is 9.79. The molecule has 0 spiro atoms. The number of aromatic hydroxyl groups is 1. The topological polar surface area (TPSA) is 37.3 Å². The van der Waals surface area contributed by atoms with Crippen LogP contribution in [0.5, 0.6) is 5.75 Å². The van der Waals surface area contributed by atoms with Gasteiger partial charge in [0.15, 0.2) is 5.78 Å². The van der Waals surface area contributed by atoms with Crippen molar-refractivity contribution in [1.82, 2.24) is 0 Å². The number of allylic oxidation sites excluding steroid dienone is 2. The number of phenols is 1. The molecule has 0 saturated heterocycles. The smallest absolute Gasteiger partial charge is 0.156 e. The van der Waals surface area contributed by atoms with Crippen molar-refractivity contribution in [2.75, 3.05) is 0 Å². The van der Waals surface area contributed by atoms with E-state index in [1.54, 1.807) is 12.1 Å². The number of ketones is 1. The van der Waals surface area contributed by atoms with Gasteiger partial charge in [0.25, 0.3) is 0 Å². The van der Waals surface area contributed by atoms with E-state index in [1.807, 2.05) is 18.2 Å². The molecule has 0 saturated carbocycles. The van der Waals surface area contributed by atoms with Gasteiger partial charge in [-0.05, 0) is 64.4 Å². The maximum absolute atomic E-state index is 11.6. The number of rotatable bonds is 0. The molecule has 0 aliphatic heterocycles. The lowest BCUT2D eigenvalue weighted by Gasteiger charge is -2.25. The molecule has 0 bridgehead atoms. The number of benzene rings is 2. The standard InChI is InChI=1S/C17H14O2/c18-12-3-6-14-10(7-12)1-5-16-15(14)4-2-11-8-13(19)9-17(11)16/h1,3,5-7,9,11,18H,2,4,8H2/t11-/m1/s1. The van der Waals surface area contributed by atoms with Gasteiger partial charge in [0.1, 0.15) is 5.75 Å². The van der Waals surface area contributed by atoms with Crippen LogP contribution in [0.3, 0.4) is 0 Å². The highest BCUT2D eigenvalue weighted by atomic mass is 16.3. The summed E-state index contributed by atoms with van der Waals surface area (Å²) in [7, 11) is 0. The highest BCUT2D eigenvalue weighted by molar-refractivity contribution is 6.05. The number of phenolic OH excluding ortho intramolecular Hbond substituents is 1. The molecule has 1 atom stereocenters. The molecule has 0 fully saturated rings. The normalized spacial score (nSPS) is 21.2. The Morgan fingerprint density at radius 2 is 2.05 bits per heavy atom. The average Bonchev–Trinajstić information content (AvgIpc) is 2.78. The highest BCUT2D eigenvalue weighted by Crippen LogP contribution is 2.43.